The molecule has 4 aliphatic heterocycles. The van der Waals surface area contributed by atoms with Crippen molar-refractivity contribution in [2.24, 2.45) is 11.8 Å². The Morgan fingerprint density at radius 2 is 2.06 bits per heavy atom. The average molecular weight is 451 g/mol. The Morgan fingerprint density at radius 3 is 2.94 bits per heavy atom. The van der Waals surface area contributed by atoms with Crippen molar-refractivity contribution in [2.45, 2.75) is 18.1 Å². The summed E-state index contributed by atoms with van der Waals surface area (Å²) in [5.41, 5.74) is 1.65. The quantitative estimate of drug-likeness (QED) is 0.614. The van der Waals surface area contributed by atoms with E-state index in [1.165, 1.54) is 10.9 Å². The van der Waals surface area contributed by atoms with E-state index in [4.69, 9.17) is 9.47 Å². The first-order valence-electron chi connectivity index (χ1n) is 11.9. The summed E-state index contributed by atoms with van der Waals surface area (Å²) in [6, 6.07) is 8.21. The largest absolute Gasteiger partial charge is 0.379 e. The molecule has 3 unspecified atom stereocenters. The summed E-state index contributed by atoms with van der Waals surface area (Å²) >= 11 is 0. The van der Waals surface area contributed by atoms with E-state index in [2.05, 4.69) is 27.3 Å². The Hall–Kier alpha value is -2.68. The van der Waals surface area contributed by atoms with Crippen molar-refractivity contribution in [3.63, 3.8) is 0 Å². The highest BCUT2D eigenvalue weighted by atomic mass is 16.5. The number of hydrogen-bond acceptors (Lipinski definition) is 5. The van der Waals surface area contributed by atoms with Crippen LogP contribution in [0.3, 0.4) is 0 Å². The Kier molecular flexibility index (Phi) is 5.24. The third kappa shape index (κ3) is 3.57. The van der Waals surface area contributed by atoms with E-state index < -0.39 is 17.4 Å². The lowest BCUT2D eigenvalue weighted by atomic mass is 9.77. The molecule has 3 fully saturated rings. The zero-order chi connectivity index (χ0) is 22.4. The van der Waals surface area contributed by atoms with Crippen molar-refractivity contribution >= 4 is 22.7 Å². The molecule has 0 aliphatic carbocycles. The van der Waals surface area contributed by atoms with Crippen LogP contribution in [0.2, 0.25) is 0 Å². The van der Waals surface area contributed by atoms with Crippen LogP contribution in [-0.2, 0) is 25.5 Å². The first-order chi connectivity index (χ1) is 16.1. The maximum absolute atomic E-state index is 13.4. The minimum Gasteiger partial charge on any atom is -0.379 e. The van der Waals surface area contributed by atoms with Gasteiger partial charge in [-0.2, -0.15) is 0 Å². The zero-order valence-corrected chi connectivity index (χ0v) is 18.7. The molecule has 2 bridgehead atoms. The Labute approximate surface area is 192 Å². The summed E-state index contributed by atoms with van der Waals surface area (Å²) in [5.74, 6) is -0.921. The van der Waals surface area contributed by atoms with Gasteiger partial charge in [0.2, 0.25) is 11.8 Å². The van der Waals surface area contributed by atoms with Crippen LogP contribution >= 0.6 is 0 Å². The van der Waals surface area contributed by atoms with Gasteiger partial charge in [0.1, 0.15) is 5.60 Å². The number of nitrogens with zero attached hydrogens (tertiary/aromatic N) is 2. The van der Waals surface area contributed by atoms with Gasteiger partial charge in [-0.05, 0) is 18.1 Å². The molecule has 1 aromatic carbocycles. The number of likely N-dealkylation sites (tertiary alicyclic amines) is 1. The number of carbonyl (C=O) groups excluding carboxylic acids is 2. The van der Waals surface area contributed by atoms with E-state index in [1.807, 2.05) is 35.4 Å². The highest BCUT2D eigenvalue weighted by molar-refractivity contribution is 5.93. The highest BCUT2D eigenvalue weighted by Gasteiger charge is 2.66. The summed E-state index contributed by atoms with van der Waals surface area (Å²) in [6.45, 7) is 5.77. The summed E-state index contributed by atoms with van der Waals surface area (Å²) < 4.78 is 11.6. The number of aromatic nitrogens is 1. The molecule has 4 atom stereocenters. The molecule has 174 valence electrons. The number of H-pyrrole nitrogens is 1. The molecule has 0 saturated carbocycles. The van der Waals surface area contributed by atoms with Gasteiger partial charge >= 0.3 is 0 Å². The zero-order valence-electron chi connectivity index (χ0n) is 18.7. The summed E-state index contributed by atoms with van der Waals surface area (Å²) in [5, 5.41) is 4.26. The number of carbonyl (C=O) groups is 2. The monoisotopic (exact) mass is 450 g/mol. The van der Waals surface area contributed by atoms with Gasteiger partial charge in [-0.3, -0.25) is 14.5 Å². The van der Waals surface area contributed by atoms with Gasteiger partial charge in [-0.15, -0.1) is 0 Å². The molecule has 3 saturated heterocycles. The normalized spacial score (nSPS) is 31.0. The fourth-order valence-corrected chi connectivity index (χ4v) is 5.94. The Bertz CT molecular complexity index is 1090. The lowest BCUT2D eigenvalue weighted by Crippen LogP contribution is -2.47. The molecule has 2 N–H and O–H groups in total. The Balaban J connectivity index is 1.10. The number of para-hydroxylation sites is 1. The van der Waals surface area contributed by atoms with Crippen molar-refractivity contribution in [3.8, 4) is 0 Å². The molecule has 2 amide bonds. The van der Waals surface area contributed by atoms with Crippen LogP contribution in [0.25, 0.3) is 10.9 Å². The van der Waals surface area contributed by atoms with E-state index in [-0.39, 0.29) is 17.9 Å². The van der Waals surface area contributed by atoms with Crippen LogP contribution in [0.4, 0.5) is 0 Å². The SMILES string of the molecule is O=C(NCCN1CCOCC1)C1C2C=C[C@]3(CN(CCc4c[nH]c5ccccc45)C(=O)C13)O2. The molecule has 1 aromatic heterocycles. The fraction of sp³-hybridized carbons (Fsp3) is 0.520. The molecule has 2 aromatic rings. The number of nitrogens with one attached hydrogen (secondary N) is 2. The van der Waals surface area contributed by atoms with Crippen LogP contribution < -0.4 is 5.32 Å². The number of aromatic amines is 1. The van der Waals surface area contributed by atoms with Crippen molar-refractivity contribution in [1.82, 2.24) is 20.1 Å². The van der Waals surface area contributed by atoms with E-state index in [0.717, 1.165) is 44.8 Å². The fourth-order valence-electron chi connectivity index (χ4n) is 5.94. The number of amides is 2. The highest BCUT2D eigenvalue weighted by Crippen LogP contribution is 2.51. The molecule has 6 rings (SSSR count). The van der Waals surface area contributed by atoms with Crippen molar-refractivity contribution < 1.29 is 19.1 Å². The number of benzene rings is 1. The molecule has 8 heteroatoms. The third-order valence-electron chi connectivity index (χ3n) is 7.64. The molecule has 8 nitrogen and oxygen atoms in total. The third-order valence-corrected chi connectivity index (χ3v) is 7.64. The molecule has 1 spiro atoms. The summed E-state index contributed by atoms with van der Waals surface area (Å²) in [7, 11) is 0. The van der Waals surface area contributed by atoms with Gasteiger partial charge in [-0.1, -0.05) is 30.4 Å². The number of fused-ring (bicyclic) bond motifs is 2. The van der Waals surface area contributed by atoms with E-state index in [9.17, 15) is 9.59 Å². The van der Waals surface area contributed by atoms with Gasteiger partial charge in [0.25, 0.3) is 0 Å². The van der Waals surface area contributed by atoms with Crippen LogP contribution in [0.1, 0.15) is 5.56 Å². The molecule has 33 heavy (non-hydrogen) atoms. The molecular formula is C25H30N4O4. The first kappa shape index (κ1) is 20.9. The maximum atomic E-state index is 13.4. The predicted molar refractivity (Wildman–Crippen MR) is 123 cm³/mol. The summed E-state index contributed by atoms with van der Waals surface area (Å²) in [4.78, 5) is 34.0. The van der Waals surface area contributed by atoms with Gasteiger partial charge in [-0.25, -0.2) is 0 Å². The van der Waals surface area contributed by atoms with E-state index >= 15 is 0 Å². The lowest BCUT2D eigenvalue weighted by Gasteiger charge is -2.27. The van der Waals surface area contributed by atoms with Crippen LogP contribution in [0, 0.1) is 11.8 Å². The lowest BCUT2D eigenvalue weighted by molar-refractivity contribution is -0.137. The minimum atomic E-state index is -0.659. The number of ether oxygens (including phenoxy) is 2. The molecular weight excluding hydrogens is 420 g/mol. The molecule has 0 radical (unpaired) electrons. The number of morpholine rings is 1. The van der Waals surface area contributed by atoms with Crippen molar-refractivity contribution in [1.29, 1.82) is 0 Å². The second-order valence-electron chi connectivity index (χ2n) is 9.51. The van der Waals surface area contributed by atoms with Crippen molar-refractivity contribution in [3.05, 3.63) is 48.2 Å². The van der Waals surface area contributed by atoms with Crippen LogP contribution in [0.5, 0.6) is 0 Å². The predicted octanol–water partition coefficient (Wildman–Crippen LogP) is 0.941. The standard InChI is InChI=1S/C25H30N4O4/c30-23(26-8-10-28-11-13-32-14-12-28)21-20-5-7-25(33-20)16-29(24(31)22(21)25)9-6-17-15-27-19-4-2-1-3-18(17)19/h1-5,7,15,20-22,27H,6,8-14,16H2,(H,26,30)/t20?,21?,22?,25-/m1/s1. The molecule has 4 aliphatic rings. The molecule has 5 heterocycles. The second kappa shape index (κ2) is 8.27. The van der Waals surface area contributed by atoms with Gasteiger partial charge in [0.05, 0.1) is 37.7 Å². The smallest absolute Gasteiger partial charge is 0.230 e. The number of hydrogen-bond donors (Lipinski definition) is 2. The maximum Gasteiger partial charge on any atom is 0.230 e. The van der Waals surface area contributed by atoms with Crippen LogP contribution in [0.15, 0.2) is 42.6 Å². The second-order valence-corrected chi connectivity index (χ2v) is 9.51. The van der Waals surface area contributed by atoms with Crippen molar-refractivity contribution in [2.75, 3.05) is 52.5 Å². The van der Waals surface area contributed by atoms with E-state index in [0.29, 0.717) is 19.6 Å². The Morgan fingerprint density at radius 1 is 1.21 bits per heavy atom. The van der Waals surface area contributed by atoms with E-state index in [1.54, 1.807) is 0 Å². The average Bonchev–Trinajstić information content (AvgIpc) is 3.58. The van der Waals surface area contributed by atoms with Gasteiger partial charge in [0, 0.05) is 49.8 Å². The minimum absolute atomic E-state index is 0.0371. The first-order valence-corrected chi connectivity index (χ1v) is 11.9. The summed E-state index contributed by atoms with van der Waals surface area (Å²) in [6.07, 6.45) is 6.47. The van der Waals surface area contributed by atoms with Gasteiger partial charge in [0.15, 0.2) is 0 Å². The number of rotatable bonds is 7. The van der Waals surface area contributed by atoms with Gasteiger partial charge < -0.3 is 24.7 Å². The van der Waals surface area contributed by atoms with Crippen LogP contribution in [-0.4, -0.2) is 90.8 Å². The topological polar surface area (TPSA) is 86.9 Å².